The van der Waals surface area contributed by atoms with Crippen molar-refractivity contribution in [3.05, 3.63) is 70.4 Å². The number of halogens is 3. The summed E-state index contributed by atoms with van der Waals surface area (Å²) in [7, 11) is 0. The summed E-state index contributed by atoms with van der Waals surface area (Å²) < 4.78 is 43.4. The van der Waals surface area contributed by atoms with E-state index in [1.165, 1.54) is 18.2 Å². The molecule has 9 heteroatoms. The maximum atomic E-state index is 13.2. The number of imidazole rings is 1. The van der Waals surface area contributed by atoms with Crippen molar-refractivity contribution in [3.8, 4) is 16.9 Å². The molecule has 28 heavy (non-hydrogen) atoms. The average molecular weight is 406 g/mol. The molecule has 2 aromatic carbocycles. The molecule has 2 heterocycles. The van der Waals surface area contributed by atoms with Crippen molar-refractivity contribution in [1.29, 1.82) is 0 Å². The molecule has 0 amide bonds. The number of hydrogen-bond acceptors (Lipinski definition) is 3. The van der Waals surface area contributed by atoms with E-state index >= 15 is 0 Å². The molecule has 1 aromatic heterocycles. The Morgan fingerprint density at radius 2 is 1.93 bits per heavy atom. The van der Waals surface area contributed by atoms with Crippen LogP contribution in [-0.2, 0) is 12.7 Å². The van der Waals surface area contributed by atoms with Crippen LogP contribution in [0.5, 0.6) is 0 Å². The third-order valence-electron chi connectivity index (χ3n) is 4.52. The van der Waals surface area contributed by atoms with Gasteiger partial charge in [-0.25, -0.2) is 4.57 Å². The Labute approximate surface area is 162 Å². The molecule has 3 aromatic rings. The van der Waals surface area contributed by atoms with Crippen LogP contribution in [0, 0.1) is 10.1 Å². The van der Waals surface area contributed by atoms with Gasteiger partial charge in [-0.2, -0.15) is 17.7 Å². The number of nitrogens with zero attached hydrogens (tertiary/aromatic N) is 3. The van der Waals surface area contributed by atoms with Gasteiger partial charge in [0.1, 0.15) is 18.4 Å². The van der Waals surface area contributed by atoms with Gasteiger partial charge in [-0.3, -0.25) is 10.1 Å². The molecule has 0 bridgehead atoms. The lowest BCUT2D eigenvalue weighted by molar-refractivity contribution is -0.725. The Bertz CT molecular complexity index is 1060. The van der Waals surface area contributed by atoms with E-state index < -0.39 is 16.7 Å². The second kappa shape index (κ2) is 6.66. The van der Waals surface area contributed by atoms with Crippen molar-refractivity contribution in [3.63, 3.8) is 0 Å². The first-order chi connectivity index (χ1) is 13.2. The van der Waals surface area contributed by atoms with Gasteiger partial charge in [0.05, 0.1) is 15.7 Å². The maximum Gasteiger partial charge on any atom is 0.416 e. The van der Waals surface area contributed by atoms with Gasteiger partial charge in [0.25, 0.3) is 5.69 Å². The van der Waals surface area contributed by atoms with Crippen molar-refractivity contribution in [2.24, 2.45) is 0 Å². The predicted molar refractivity (Wildman–Crippen MR) is 98.4 cm³/mol. The Kier molecular flexibility index (Phi) is 4.41. The van der Waals surface area contributed by atoms with E-state index in [0.717, 1.165) is 23.8 Å². The lowest BCUT2D eigenvalue weighted by Crippen LogP contribution is -2.32. The van der Waals surface area contributed by atoms with Crippen molar-refractivity contribution < 1.29 is 22.7 Å². The van der Waals surface area contributed by atoms with Crippen LogP contribution < -0.4 is 4.57 Å². The van der Waals surface area contributed by atoms with Crippen molar-refractivity contribution in [1.82, 2.24) is 4.57 Å². The molecule has 144 valence electrons. The number of benzene rings is 2. The summed E-state index contributed by atoms with van der Waals surface area (Å²) in [6.07, 6.45) is -2.55. The predicted octanol–water partition coefficient (Wildman–Crippen LogP) is 4.85. The number of nitro benzene ring substituents is 1. The smallest absolute Gasteiger partial charge is 0.258 e. The minimum atomic E-state index is -4.44. The molecule has 1 atom stereocenters. The SMILES string of the molecule is CC1C[n+]2cc(-c3ccc([N+](=O)[O-])cc3)n(-c3cccc(C(F)(F)F)c3)c2S1. The Morgan fingerprint density at radius 3 is 2.57 bits per heavy atom. The van der Waals surface area contributed by atoms with E-state index in [9.17, 15) is 23.3 Å². The third-order valence-corrected chi connectivity index (χ3v) is 5.70. The molecule has 0 spiro atoms. The van der Waals surface area contributed by atoms with E-state index in [1.807, 2.05) is 10.8 Å². The van der Waals surface area contributed by atoms with Gasteiger partial charge in [-0.1, -0.05) is 6.07 Å². The fourth-order valence-electron chi connectivity index (χ4n) is 3.27. The molecule has 0 aliphatic carbocycles. The first-order valence-electron chi connectivity index (χ1n) is 8.48. The molecule has 1 unspecified atom stereocenters. The molecule has 5 nitrogen and oxygen atoms in total. The monoisotopic (exact) mass is 406 g/mol. The van der Waals surface area contributed by atoms with Crippen LogP contribution in [0.1, 0.15) is 12.5 Å². The zero-order valence-electron chi connectivity index (χ0n) is 14.7. The van der Waals surface area contributed by atoms with Gasteiger partial charge in [0.2, 0.25) is 0 Å². The number of nitro groups is 1. The molecule has 4 rings (SSSR count). The van der Waals surface area contributed by atoms with E-state index in [2.05, 4.69) is 6.92 Å². The van der Waals surface area contributed by atoms with Crippen LogP contribution in [0.15, 0.2) is 59.9 Å². The zero-order valence-corrected chi connectivity index (χ0v) is 15.5. The highest BCUT2D eigenvalue weighted by Gasteiger charge is 2.36. The molecule has 0 fully saturated rings. The summed E-state index contributed by atoms with van der Waals surface area (Å²) in [5.41, 5.74) is 1.02. The molecule has 0 radical (unpaired) electrons. The summed E-state index contributed by atoms with van der Waals surface area (Å²) in [5, 5.41) is 12.0. The third kappa shape index (κ3) is 3.26. The number of aromatic nitrogens is 2. The van der Waals surface area contributed by atoms with E-state index in [0.29, 0.717) is 22.2 Å². The summed E-state index contributed by atoms with van der Waals surface area (Å²) in [5.74, 6) is 0. The average Bonchev–Trinajstić information content (AvgIpc) is 3.17. The van der Waals surface area contributed by atoms with E-state index in [1.54, 1.807) is 34.5 Å². The van der Waals surface area contributed by atoms with Crippen molar-refractivity contribution in [2.75, 3.05) is 0 Å². The minimum Gasteiger partial charge on any atom is -0.258 e. The highest BCUT2D eigenvalue weighted by molar-refractivity contribution is 7.99. The van der Waals surface area contributed by atoms with Gasteiger partial charge in [0.15, 0.2) is 5.69 Å². The molecule has 1 aliphatic heterocycles. The second-order valence-corrected chi connectivity index (χ2v) is 7.97. The van der Waals surface area contributed by atoms with E-state index in [4.69, 9.17) is 0 Å². The maximum absolute atomic E-state index is 13.2. The van der Waals surface area contributed by atoms with E-state index in [-0.39, 0.29) is 5.69 Å². The largest absolute Gasteiger partial charge is 0.416 e. The summed E-state index contributed by atoms with van der Waals surface area (Å²) in [6, 6.07) is 11.2. The quantitative estimate of drug-likeness (QED) is 0.355. The molecule has 1 aliphatic rings. The molecule has 0 saturated heterocycles. The van der Waals surface area contributed by atoms with Crippen molar-refractivity contribution in [2.45, 2.75) is 30.1 Å². The number of rotatable bonds is 3. The number of non-ortho nitro benzene ring substituents is 1. The Balaban J connectivity index is 1.88. The van der Waals surface area contributed by atoms with Gasteiger partial charge in [0, 0.05) is 17.7 Å². The molecule has 0 N–H and O–H groups in total. The van der Waals surface area contributed by atoms with Crippen molar-refractivity contribution >= 4 is 17.4 Å². The highest BCUT2D eigenvalue weighted by atomic mass is 32.2. The molecular formula is C19H15F3N3O2S+. The van der Waals surface area contributed by atoms with Gasteiger partial charge in [-0.05, 0) is 49.0 Å². The lowest BCUT2D eigenvalue weighted by Gasteiger charge is -2.09. The standard InChI is InChI=1S/C19H15F3N3O2S/c1-12-10-23-11-17(13-5-7-15(8-6-13)25(26)27)24(18(23)28-12)16-4-2-3-14(9-16)19(20,21)22/h2-9,11-12H,10H2,1H3/q+1. The Hall–Kier alpha value is -2.81. The molecule has 0 saturated carbocycles. The number of alkyl halides is 3. The molecular weight excluding hydrogens is 391 g/mol. The van der Waals surface area contributed by atoms with Gasteiger partial charge >= 0.3 is 11.3 Å². The number of hydrogen-bond donors (Lipinski definition) is 0. The van der Waals surface area contributed by atoms with Crippen LogP contribution in [0.3, 0.4) is 0 Å². The fourth-order valence-corrected chi connectivity index (χ4v) is 4.43. The summed E-state index contributed by atoms with van der Waals surface area (Å²) in [6.45, 7) is 2.80. The minimum absolute atomic E-state index is 0.0379. The van der Waals surface area contributed by atoms with Crippen LogP contribution in [0.2, 0.25) is 0 Å². The second-order valence-electron chi connectivity index (χ2n) is 6.57. The normalized spacial score (nSPS) is 16.2. The van der Waals surface area contributed by atoms with Crippen LogP contribution in [0.25, 0.3) is 16.9 Å². The van der Waals surface area contributed by atoms with Crippen LogP contribution in [0.4, 0.5) is 18.9 Å². The first-order valence-corrected chi connectivity index (χ1v) is 9.36. The number of thioether (sulfide) groups is 1. The van der Waals surface area contributed by atoms with Crippen LogP contribution in [-0.4, -0.2) is 14.7 Å². The summed E-state index contributed by atoms with van der Waals surface area (Å²) >= 11 is 1.59. The topological polar surface area (TPSA) is 51.9 Å². The Morgan fingerprint density at radius 1 is 1.21 bits per heavy atom. The first kappa shape index (κ1) is 18.5. The zero-order chi connectivity index (χ0) is 20.1. The van der Waals surface area contributed by atoms with Gasteiger partial charge < -0.3 is 0 Å². The van der Waals surface area contributed by atoms with Crippen LogP contribution >= 0.6 is 11.8 Å². The van der Waals surface area contributed by atoms with Gasteiger partial charge in [-0.15, -0.1) is 0 Å². The number of fused-ring (bicyclic) bond motifs is 1. The lowest BCUT2D eigenvalue weighted by atomic mass is 10.1. The fraction of sp³-hybridized carbons (Fsp3) is 0.211. The summed E-state index contributed by atoms with van der Waals surface area (Å²) in [4.78, 5) is 10.4. The highest BCUT2D eigenvalue weighted by Crippen LogP contribution is 2.36.